The van der Waals surface area contributed by atoms with Crippen molar-refractivity contribution in [2.24, 2.45) is 0 Å². The third-order valence-electron chi connectivity index (χ3n) is 6.60. The van der Waals surface area contributed by atoms with Gasteiger partial charge < -0.3 is 14.0 Å². The highest BCUT2D eigenvalue weighted by molar-refractivity contribution is 6.27. The molecule has 174 valence electrons. The van der Waals surface area contributed by atoms with Crippen LogP contribution in [-0.4, -0.2) is 39.2 Å². The molecule has 0 aliphatic heterocycles. The van der Waals surface area contributed by atoms with Crippen LogP contribution in [0.25, 0.3) is 27.7 Å². The quantitative estimate of drug-likeness (QED) is 0.370. The summed E-state index contributed by atoms with van der Waals surface area (Å²) < 4.78 is 14.7. The highest BCUT2D eigenvalue weighted by Crippen LogP contribution is 2.43. The largest absolute Gasteiger partial charge is 0.493 e. The predicted molar refractivity (Wildman–Crippen MR) is 131 cm³/mol. The number of rotatable bonds is 6. The van der Waals surface area contributed by atoms with Crippen molar-refractivity contribution < 1.29 is 14.3 Å². The molecule has 0 N–H and O–H groups in total. The van der Waals surface area contributed by atoms with Gasteiger partial charge in [-0.25, -0.2) is 0 Å². The number of benzene rings is 2. The number of ketones is 1. The number of aryl methyl sites for hydroxylation is 1. The Labute approximate surface area is 200 Å². The Morgan fingerprint density at radius 3 is 2.49 bits per heavy atom. The highest BCUT2D eigenvalue weighted by atomic mass is 16.5. The predicted octanol–water partition coefficient (Wildman–Crippen LogP) is 3.91. The fraction of sp³-hybridized carbons (Fsp3) is 0.185. The molecule has 1 aliphatic carbocycles. The number of aromatic nitrogens is 4. The average Bonchev–Trinajstić information content (AvgIpc) is 3.44. The van der Waals surface area contributed by atoms with Crippen molar-refractivity contribution in [2.75, 3.05) is 14.2 Å². The summed E-state index contributed by atoms with van der Waals surface area (Å²) in [5.41, 5.74) is 3.11. The minimum absolute atomic E-state index is 0.0926. The number of fused-ring (bicyclic) bond motifs is 6. The zero-order chi connectivity index (χ0) is 24.1. The van der Waals surface area contributed by atoms with Gasteiger partial charge in [0, 0.05) is 35.7 Å². The third-order valence-corrected chi connectivity index (χ3v) is 6.60. The molecule has 0 spiro atoms. The van der Waals surface area contributed by atoms with Crippen molar-refractivity contribution in [2.45, 2.75) is 19.4 Å². The van der Waals surface area contributed by atoms with E-state index in [0.29, 0.717) is 58.5 Å². The maximum Gasteiger partial charge on any atom is 0.262 e. The van der Waals surface area contributed by atoms with Crippen LogP contribution in [0.1, 0.15) is 28.2 Å². The second-order valence-corrected chi connectivity index (χ2v) is 8.43. The van der Waals surface area contributed by atoms with Gasteiger partial charge in [0.15, 0.2) is 22.9 Å². The van der Waals surface area contributed by atoms with E-state index in [1.165, 1.54) is 14.2 Å². The molecule has 8 nitrogen and oxygen atoms in total. The standard InChI is InChI=1S/C27H22N4O4/c1-34-19-13-12-18-22-24(16-8-3-4-9-17(16)25(22)32)31(27(33)23(18)26(19)35-2)15-7-11-21-29-28-20-10-5-6-14-30(20)21/h3-6,8-10,12-14H,7,11,15H2,1-2H3. The lowest BCUT2D eigenvalue weighted by Gasteiger charge is -2.17. The molecule has 0 unspecified atom stereocenters. The van der Waals surface area contributed by atoms with Crippen LogP contribution in [0.15, 0.2) is 65.6 Å². The summed E-state index contributed by atoms with van der Waals surface area (Å²) in [6.45, 7) is 0.404. The Morgan fingerprint density at radius 1 is 0.886 bits per heavy atom. The molecular weight excluding hydrogens is 444 g/mol. The smallest absolute Gasteiger partial charge is 0.262 e. The van der Waals surface area contributed by atoms with Crippen LogP contribution >= 0.6 is 0 Å². The number of carbonyl (C=O) groups excluding carboxylic acids is 1. The molecule has 0 radical (unpaired) electrons. The van der Waals surface area contributed by atoms with Crippen LogP contribution in [0.5, 0.6) is 11.5 Å². The molecule has 2 aromatic carbocycles. The maximum atomic E-state index is 13.9. The van der Waals surface area contributed by atoms with Gasteiger partial charge in [0.25, 0.3) is 5.56 Å². The highest BCUT2D eigenvalue weighted by Gasteiger charge is 2.33. The Hall–Kier alpha value is -4.46. The first-order valence-corrected chi connectivity index (χ1v) is 11.4. The van der Waals surface area contributed by atoms with Crippen molar-refractivity contribution in [1.29, 1.82) is 0 Å². The van der Waals surface area contributed by atoms with Crippen LogP contribution in [0, 0.1) is 0 Å². The summed E-state index contributed by atoms with van der Waals surface area (Å²) in [7, 11) is 3.03. The van der Waals surface area contributed by atoms with E-state index in [0.717, 1.165) is 17.0 Å². The van der Waals surface area contributed by atoms with E-state index in [1.807, 2.05) is 47.0 Å². The Bertz CT molecular complexity index is 1700. The Kier molecular flexibility index (Phi) is 4.88. The van der Waals surface area contributed by atoms with Gasteiger partial charge in [0.1, 0.15) is 5.82 Å². The number of hydrogen-bond acceptors (Lipinski definition) is 6. The van der Waals surface area contributed by atoms with Gasteiger partial charge in [-0.1, -0.05) is 30.3 Å². The van der Waals surface area contributed by atoms with Crippen LogP contribution < -0.4 is 15.0 Å². The molecule has 3 heterocycles. The molecule has 0 fully saturated rings. The molecule has 0 atom stereocenters. The molecule has 3 aromatic heterocycles. The van der Waals surface area contributed by atoms with E-state index < -0.39 is 0 Å². The molecular formula is C27H22N4O4. The van der Waals surface area contributed by atoms with Crippen LogP contribution in [0.2, 0.25) is 0 Å². The maximum absolute atomic E-state index is 13.9. The zero-order valence-electron chi connectivity index (χ0n) is 19.3. The summed E-state index contributed by atoms with van der Waals surface area (Å²) >= 11 is 0. The van der Waals surface area contributed by atoms with Gasteiger partial charge in [-0.15, -0.1) is 10.2 Å². The number of hydrogen-bond donors (Lipinski definition) is 0. The summed E-state index contributed by atoms with van der Waals surface area (Å²) in [4.78, 5) is 27.5. The minimum Gasteiger partial charge on any atom is -0.493 e. The van der Waals surface area contributed by atoms with Crippen LogP contribution in [0.3, 0.4) is 0 Å². The fourth-order valence-electron chi connectivity index (χ4n) is 5.05. The SMILES string of the molecule is COc1ccc2c3c(n(CCCc4nnc5ccccn45)c(=O)c2c1OC)-c1ccccc1C3=O. The lowest BCUT2D eigenvalue weighted by Crippen LogP contribution is -2.24. The van der Waals surface area contributed by atoms with E-state index in [-0.39, 0.29) is 11.3 Å². The molecule has 0 bridgehead atoms. The number of pyridine rings is 2. The number of nitrogens with zero attached hydrogens (tertiary/aromatic N) is 4. The first-order chi connectivity index (χ1) is 17.1. The van der Waals surface area contributed by atoms with E-state index in [2.05, 4.69) is 10.2 Å². The number of methoxy groups -OCH3 is 2. The lowest BCUT2D eigenvalue weighted by molar-refractivity contribution is 0.104. The summed E-state index contributed by atoms with van der Waals surface area (Å²) in [5, 5.41) is 9.44. The molecule has 35 heavy (non-hydrogen) atoms. The van der Waals surface area contributed by atoms with E-state index in [4.69, 9.17) is 9.47 Å². The van der Waals surface area contributed by atoms with Gasteiger partial charge in [0.2, 0.25) is 0 Å². The van der Waals surface area contributed by atoms with Gasteiger partial charge in [-0.05, 0) is 30.7 Å². The minimum atomic E-state index is -0.217. The molecule has 6 rings (SSSR count). The second-order valence-electron chi connectivity index (χ2n) is 8.43. The van der Waals surface area contributed by atoms with Gasteiger partial charge >= 0.3 is 0 Å². The van der Waals surface area contributed by atoms with Crippen molar-refractivity contribution in [3.8, 4) is 22.8 Å². The zero-order valence-corrected chi connectivity index (χ0v) is 19.3. The Morgan fingerprint density at radius 2 is 1.69 bits per heavy atom. The van der Waals surface area contributed by atoms with Crippen LogP contribution in [-0.2, 0) is 13.0 Å². The average molecular weight is 466 g/mol. The monoisotopic (exact) mass is 466 g/mol. The molecule has 0 saturated heterocycles. The Balaban J connectivity index is 1.52. The normalized spacial score (nSPS) is 12.2. The van der Waals surface area contributed by atoms with E-state index in [1.54, 1.807) is 22.8 Å². The molecule has 5 aromatic rings. The first-order valence-electron chi connectivity index (χ1n) is 11.4. The van der Waals surface area contributed by atoms with Crippen molar-refractivity contribution in [3.63, 3.8) is 0 Å². The second kappa shape index (κ2) is 8.09. The van der Waals surface area contributed by atoms with Crippen LogP contribution in [0.4, 0.5) is 0 Å². The van der Waals surface area contributed by atoms with E-state index >= 15 is 0 Å². The summed E-state index contributed by atoms with van der Waals surface area (Å²) in [6, 6.07) is 16.7. The van der Waals surface area contributed by atoms with Gasteiger partial charge in [-0.3, -0.25) is 14.0 Å². The lowest BCUT2D eigenvalue weighted by atomic mass is 10.0. The van der Waals surface area contributed by atoms with Gasteiger partial charge in [0.05, 0.1) is 30.9 Å². The molecule has 8 heteroatoms. The number of ether oxygens (including phenoxy) is 2. The fourth-order valence-corrected chi connectivity index (χ4v) is 5.05. The molecule has 0 amide bonds. The molecule has 0 saturated carbocycles. The van der Waals surface area contributed by atoms with Crippen molar-refractivity contribution in [1.82, 2.24) is 19.2 Å². The van der Waals surface area contributed by atoms with Gasteiger partial charge in [-0.2, -0.15) is 0 Å². The topological polar surface area (TPSA) is 87.7 Å². The third kappa shape index (κ3) is 3.06. The number of carbonyl (C=O) groups is 1. The first kappa shape index (κ1) is 21.1. The summed E-state index contributed by atoms with van der Waals surface area (Å²) in [5.74, 6) is 1.51. The van der Waals surface area contributed by atoms with Crippen molar-refractivity contribution in [3.05, 3.63) is 88.1 Å². The summed E-state index contributed by atoms with van der Waals surface area (Å²) in [6.07, 6.45) is 3.18. The van der Waals surface area contributed by atoms with E-state index in [9.17, 15) is 9.59 Å². The molecule has 1 aliphatic rings. The van der Waals surface area contributed by atoms with Crippen molar-refractivity contribution >= 4 is 22.2 Å².